The Balaban J connectivity index is 1.90. The lowest BCUT2D eigenvalue weighted by atomic mass is 10.4. The molecule has 1 saturated heterocycles. The van der Waals surface area contributed by atoms with Crippen LogP contribution in [0.1, 0.15) is 19.3 Å². The SMILES string of the molecule is Nc1c(Cl)ncn(CCCN2CCCC2)c1=O. The van der Waals surface area contributed by atoms with Crippen LogP contribution in [0.15, 0.2) is 11.1 Å². The van der Waals surface area contributed by atoms with Gasteiger partial charge in [-0.15, -0.1) is 0 Å². The van der Waals surface area contributed by atoms with E-state index in [0.29, 0.717) is 6.54 Å². The first-order valence-electron chi connectivity index (χ1n) is 5.91. The molecule has 1 aromatic heterocycles. The molecule has 5 nitrogen and oxygen atoms in total. The van der Waals surface area contributed by atoms with Crippen molar-refractivity contribution in [1.29, 1.82) is 0 Å². The van der Waals surface area contributed by atoms with Crippen LogP contribution in [0.4, 0.5) is 5.69 Å². The average Bonchev–Trinajstić information content (AvgIpc) is 2.82. The van der Waals surface area contributed by atoms with Crippen LogP contribution in [0, 0.1) is 0 Å². The fraction of sp³-hybridized carbons (Fsp3) is 0.636. The minimum atomic E-state index is -0.244. The van der Waals surface area contributed by atoms with Gasteiger partial charge in [-0.3, -0.25) is 9.36 Å². The van der Waals surface area contributed by atoms with E-state index in [1.165, 1.54) is 36.8 Å². The Labute approximate surface area is 105 Å². The second kappa shape index (κ2) is 5.51. The van der Waals surface area contributed by atoms with E-state index in [2.05, 4.69) is 9.88 Å². The molecule has 0 radical (unpaired) electrons. The molecule has 0 unspecified atom stereocenters. The van der Waals surface area contributed by atoms with E-state index in [1.807, 2.05) is 0 Å². The van der Waals surface area contributed by atoms with E-state index >= 15 is 0 Å². The predicted molar refractivity (Wildman–Crippen MR) is 68.2 cm³/mol. The van der Waals surface area contributed by atoms with Gasteiger partial charge in [0.25, 0.3) is 5.56 Å². The Morgan fingerprint density at radius 1 is 1.35 bits per heavy atom. The van der Waals surface area contributed by atoms with Crippen LogP contribution in [-0.2, 0) is 6.54 Å². The Hall–Kier alpha value is -1.07. The van der Waals surface area contributed by atoms with Gasteiger partial charge >= 0.3 is 0 Å². The lowest BCUT2D eigenvalue weighted by molar-refractivity contribution is 0.324. The van der Waals surface area contributed by atoms with Crippen molar-refractivity contribution < 1.29 is 0 Å². The first-order valence-corrected chi connectivity index (χ1v) is 6.29. The number of hydrogen-bond acceptors (Lipinski definition) is 4. The second-order valence-electron chi connectivity index (χ2n) is 4.35. The van der Waals surface area contributed by atoms with Gasteiger partial charge in [-0.05, 0) is 38.9 Å². The van der Waals surface area contributed by atoms with Gasteiger partial charge < -0.3 is 10.6 Å². The van der Waals surface area contributed by atoms with Crippen LogP contribution in [0.5, 0.6) is 0 Å². The molecule has 1 aliphatic heterocycles. The van der Waals surface area contributed by atoms with Crippen molar-refractivity contribution in [3.05, 3.63) is 21.8 Å². The maximum Gasteiger partial charge on any atom is 0.278 e. The van der Waals surface area contributed by atoms with Gasteiger partial charge in [0.2, 0.25) is 0 Å². The van der Waals surface area contributed by atoms with E-state index in [1.54, 1.807) is 0 Å². The van der Waals surface area contributed by atoms with Crippen LogP contribution in [-0.4, -0.2) is 34.1 Å². The quantitative estimate of drug-likeness (QED) is 0.816. The summed E-state index contributed by atoms with van der Waals surface area (Å²) >= 11 is 5.67. The maximum atomic E-state index is 11.7. The highest BCUT2D eigenvalue weighted by atomic mass is 35.5. The lowest BCUT2D eigenvalue weighted by Crippen LogP contribution is -2.26. The standard InChI is InChI=1S/C11H17ClN4O/c12-10-9(13)11(17)16(8-14-10)7-3-6-15-4-1-2-5-15/h8H,1-7,13H2. The van der Waals surface area contributed by atoms with Gasteiger partial charge in [-0.1, -0.05) is 11.6 Å². The molecular formula is C11H17ClN4O. The predicted octanol–water partition coefficient (Wildman–Crippen LogP) is 0.965. The summed E-state index contributed by atoms with van der Waals surface area (Å²) in [5, 5.41) is 0.0887. The first kappa shape index (κ1) is 12.4. The van der Waals surface area contributed by atoms with Gasteiger partial charge in [0.05, 0.1) is 6.33 Å². The molecule has 0 aromatic carbocycles. The maximum absolute atomic E-state index is 11.7. The molecule has 94 valence electrons. The van der Waals surface area contributed by atoms with Crippen molar-refractivity contribution in [3.8, 4) is 0 Å². The first-order chi connectivity index (χ1) is 8.18. The number of anilines is 1. The van der Waals surface area contributed by atoms with E-state index in [9.17, 15) is 4.79 Å². The summed E-state index contributed by atoms with van der Waals surface area (Å²) in [4.78, 5) is 18.0. The Kier molecular flexibility index (Phi) is 4.02. The second-order valence-corrected chi connectivity index (χ2v) is 4.71. The zero-order valence-electron chi connectivity index (χ0n) is 9.73. The van der Waals surface area contributed by atoms with Crippen LogP contribution in [0.3, 0.4) is 0 Å². The van der Waals surface area contributed by atoms with E-state index in [4.69, 9.17) is 17.3 Å². The Bertz CT molecular complexity index is 440. The molecule has 0 aliphatic carbocycles. The highest BCUT2D eigenvalue weighted by molar-refractivity contribution is 6.31. The van der Waals surface area contributed by atoms with Gasteiger partial charge in [-0.25, -0.2) is 4.98 Å². The molecule has 1 aliphatic rings. The normalized spacial score (nSPS) is 16.5. The molecule has 0 spiro atoms. The summed E-state index contributed by atoms with van der Waals surface area (Å²) in [6.45, 7) is 4.02. The van der Waals surface area contributed by atoms with Gasteiger partial charge in [0.15, 0.2) is 5.15 Å². The van der Waals surface area contributed by atoms with E-state index in [-0.39, 0.29) is 16.4 Å². The highest BCUT2D eigenvalue weighted by Crippen LogP contribution is 2.09. The van der Waals surface area contributed by atoms with E-state index < -0.39 is 0 Å². The summed E-state index contributed by atoms with van der Waals surface area (Å²) in [6.07, 6.45) is 4.97. The molecule has 17 heavy (non-hydrogen) atoms. The van der Waals surface area contributed by atoms with Crippen LogP contribution >= 0.6 is 11.6 Å². The van der Waals surface area contributed by atoms with E-state index in [0.717, 1.165) is 13.0 Å². The third-order valence-corrected chi connectivity index (χ3v) is 3.40. The number of aromatic nitrogens is 2. The summed E-state index contributed by atoms with van der Waals surface area (Å²) in [6, 6.07) is 0. The third kappa shape index (κ3) is 2.98. The molecule has 2 N–H and O–H groups in total. The van der Waals surface area contributed by atoms with Crippen molar-refractivity contribution >= 4 is 17.3 Å². The van der Waals surface area contributed by atoms with Crippen LogP contribution < -0.4 is 11.3 Å². The number of nitrogens with zero attached hydrogens (tertiary/aromatic N) is 3. The topological polar surface area (TPSA) is 64.2 Å². The largest absolute Gasteiger partial charge is 0.392 e. The number of rotatable bonds is 4. The molecule has 2 heterocycles. The number of hydrogen-bond donors (Lipinski definition) is 1. The van der Waals surface area contributed by atoms with Gasteiger partial charge in [0, 0.05) is 6.54 Å². The zero-order chi connectivity index (χ0) is 12.3. The molecule has 0 atom stereocenters. The van der Waals surface area contributed by atoms with Crippen molar-refractivity contribution in [2.75, 3.05) is 25.4 Å². The summed E-state index contributed by atoms with van der Waals surface area (Å²) in [7, 11) is 0. The lowest BCUT2D eigenvalue weighted by Gasteiger charge is -2.14. The minimum absolute atomic E-state index is 0.0374. The minimum Gasteiger partial charge on any atom is -0.392 e. The third-order valence-electron chi connectivity index (χ3n) is 3.10. The monoisotopic (exact) mass is 256 g/mol. The molecular weight excluding hydrogens is 240 g/mol. The van der Waals surface area contributed by atoms with Crippen molar-refractivity contribution in [2.24, 2.45) is 0 Å². The van der Waals surface area contributed by atoms with Gasteiger partial charge in [0.1, 0.15) is 5.69 Å². The number of nitrogens with two attached hydrogens (primary N) is 1. The Morgan fingerprint density at radius 2 is 2.06 bits per heavy atom. The molecule has 2 rings (SSSR count). The smallest absolute Gasteiger partial charge is 0.278 e. The molecule has 1 aromatic rings. The Morgan fingerprint density at radius 3 is 2.76 bits per heavy atom. The number of nitrogen functional groups attached to an aromatic ring is 1. The number of aryl methyl sites for hydroxylation is 1. The van der Waals surface area contributed by atoms with Crippen molar-refractivity contribution in [3.63, 3.8) is 0 Å². The van der Waals surface area contributed by atoms with Crippen molar-refractivity contribution in [1.82, 2.24) is 14.5 Å². The molecule has 0 amide bonds. The molecule has 0 saturated carbocycles. The summed E-state index contributed by atoms with van der Waals surface area (Å²) < 4.78 is 1.53. The average molecular weight is 257 g/mol. The van der Waals surface area contributed by atoms with Crippen molar-refractivity contribution in [2.45, 2.75) is 25.8 Å². The fourth-order valence-corrected chi connectivity index (χ4v) is 2.24. The highest BCUT2D eigenvalue weighted by Gasteiger charge is 2.11. The van der Waals surface area contributed by atoms with Gasteiger partial charge in [-0.2, -0.15) is 0 Å². The summed E-state index contributed by atoms with van der Waals surface area (Å²) in [5.74, 6) is 0. The zero-order valence-corrected chi connectivity index (χ0v) is 10.5. The molecule has 6 heteroatoms. The molecule has 1 fully saturated rings. The molecule has 0 bridgehead atoms. The number of likely N-dealkylation sites (tertiary alicyclic amines) is 1. The number of halogens is 1. The van der Waals surface area contributed by atoms with Crippen LogP contribution in [0.25, 0.3) is 0 Å². The van der Waals surface area contributed by atoms with Crippen LogP contribution in [0.2, 0.25) is 5.15 Å². The fourth-order valence-electron chi connectivity index (χ4n) is 2.12. The summed E-state index contributed by atoms with van der Waals surface area (Å²) in [5.41, 5.74) is 5.33.